The van der Waals surface area contributed by atoms with Crippen LogP contribution in [0.4, 0.5) is 0 Å². The number of esters is 1. The molecule has 15 nitrogen and oxygen atoms in total. The molecule has 0 aromatic rings. The molecule has 53 heavy (non-hydrogen) atoms. The van der Waals surface area contributed by atoms with Crippen LogP contribution >= 0.6 is 0 Å². The van der Waals surface area contributed by atoms with Gasteiger partial charge in [-0.15, -0.1) is 0 Å². The lowest BCUT2D eigenvalue weighted by Crippen LogP contribution is -2.62. The van der Waals surface area contributed by atoms with Crippen molar-refractivity contribution in [3.63, 3.8) is 0 Å². The molecule has 0 amide bonds. The fraction of sp³-hybridized carbons (Fsp3) is 0.974. The second kappa shape index (κ2) is 17.6. The molecule has 3 aliphatic heterocycles. The van der Waals surface area contributed by atoms with Crippen LogP contribution in [0.1, 0.15) is 94.9 Å². The summed E-state index contributed by atoms with van der Waals surface area (Å²) in [6.07, 6.45) is -9.60. The minimum atomic E-state index is -1.83. The second-order valence-electron chi connectivity index (χ2n) is 17.6. The molecule has 18 atom stereocenters. The first-order chi connectivity index (χ1) is 24.2. The predicted molar refractivity (Wildman–Crippen MR) is 196 cm³/mol. The van der Waals surface area contributed by atoms with Gasteiger partial charge >= 0.3 is 5.97 Å². The van der Waals surface area contributed by atoms with Crippen molar-refractivity contribution < 1.29 is 63.4 Å². The zero-order valence-electron chi connectivity index (χ0n) is 34.6. The Bertz CT molecular complexity index is 1190. The number of aliphatic hydroxyl groups is 5. The van der Waals surface area contributed by atoms with Crippen molar-refractivity contribution in [3.8, 4) is 0 Å². The Balaban J connectivity index is 2.19. The first-order valence-electron chi connectivity index (χ1n) is 19.3. The minimum absolute atomic E-state index is 0.0990. The van der Waals surface area contributed by atoms with E-state index in [1.165, 1.54) is 28.1 Å². The summed E-state index contributed by atoms with van der Waals surface area (Å²) in [6.45, 7) is 17.6. The quantitative estimate of drug-likeness (QED) is 0.143. The van der Waals surface area contributed by atoms with E-state index in [9.17, 15) is 35.5 Å². The van der Waals surface area contributed by atoms with Crippen LogP contribution in [0.15, 0.2) is 0 Å². The van der Waals surface area contributed by atoms with Crippen LogP contribution in [-0.2, 0) is 33.2 Å². The maximum atomic E-state index is 14.2. The maximum Gasteiger partial charge on any atom is 0.311 e. The number of hydrogen-bond acceptors (Lipinski definition) is 14. The van der Waals surface area contributed by atoms with Gasteiger partial charge in [0.2, 0.25) is 0 Å². The van der Waals surface area contributed by atoms with Gasteiger partial charge in [0.15, 0.2) is 18.7 Å². The van der Waals surface area contributed by atoms with Gasteiger partial charge in [0.05, 0.1) is 55.6 Å². The molecule has 312 valence electrons. The first-order valence-corrected chi connectivity index (χ1v) is 19.3. The summed E-state index contributed by atoms with van der Waals surface area (Å²) >= 11 is 0. The molecule has 5 N–H and O–H groups in total. The third kappa shape index (κ3) is 10.5. The normalized spacial score (nSPS) is 49.1. The Morgan fingerprint density at radius 2 is 1.57 bits per heavy atom. The molecule has 0 spiro atoms. The third-order valence-corrected chi connectivity index (χ3v) is 12.3. The number of likely N-dealkylation sites (N-methyl/N-ethyl adjacent to an activating group) is 2. The summed E-state index contributed by atoms with van der Waals surface area (Å²) in [6, 6.07) is -1.34. The van der Waals surface area contributed by atoms with Gasteiger partial charge in [-0.1, -0.05) is 20.8 Å². The molecule has 0 bridgehead atoms. The lowest BCUT2D eigenvalue weighted by Gasteiger charge is -2.51. The predicted octanol–water partition coefficient (Wildman–Crippen LogP) is 1.91. The molecular weight excluding hydrogens is 692 g/mol. The molecule has 8 unspecified atom stereocenters. The van der Waals surface area contributed by atoms with E-state index < -0.39 is 113 Å². The summed E-state index contributed by atoms with van der Waals surface area (Å²) in [5, 5.41) is 71.3. The third-order valence-electron chi connectivity index (χ3n) is 12.3. The van der Waals surface area contributed by atoms with E-state index in [4.69, 9.17) is 28.4 Å². The van der Waals surface area contributed by atoms with Crippen LogP contribution in [-0.4, -0.2) is 166 Å². The van der Waals surface area contributed by atoms with E-state index in [2.05, 4.69) is 0 Å². The molecule has 15 heteroatoms. The highest BCUT2D eigenvalue weighted by atomic mass is 16.7. The number of hydrogen-bond donors (Lipinski definition) is 5. The molecule has 3 rings (SSSR count). The van der Waals surface area contributed by atoms with Crippen LogP contribution in [0.2, 0.25) is 0 Å². The van der Waals surface area contributed by atoms with E-state index >= 15 is 0 Å². The number of methoxy groups -OCH3 is 1. The second-order valence-corrected chi connectivity index (χ2v) is 17.6. The van der Waals surface area contributed by atoms with E-state index in [-0.39, 0.29) is 25.2 Å². The van der Waals surface area contributed by atoms with E-state index in [0.29, 0.717) is 13.0 Å². The van der Waals surface area contributed by atoms with Crippen molar-refractivity contribution in [2.24, 2.45) is 17.8 Å². The number of rotatable bonds is 7. The van der Waals surface area contributed by atoms with Gasteiger partial charge in [-0.25, -0.2) is 0 Å². The monoisotopic (exact) mass is 765 g/mol. The largest absolute Gasteiger partial charge is 0.633 e. The van der Waals surface area contributed by atoms with Gasteiger partial charge in [-0.2, -0.15) is 0 Å². The van der Waals surface area contributed by atoms with E-state index in [1.54, 1.807) is 55.4 Å². The summed E-state index contributed by atoms with van der Waals surface area (Å²) < 4.78 is 36.5. The van der Waals surface area contributed by atoms with E-state index in [0.717, 1.165) is 0 Å². The van der Waals surface area contributed by atoms with Gasteiger partial charge in [0.1, 0.15) is 30.0 Å². The molecular formula is C38H72N2O13. The Labute approximate surface area is 317 Å². The van der Waals surface area contributed by atoms with Gasteiger partial charge in [0, 0.05) is 38.5 Å². The topological polar surface area (TPSA) is 200 Å². The average molecular weight is 765 g/mol. The number of hydroxylamine groups is 3. The smallest absolute Gasteiger partial charge is 0.311 e. The van der Waals surface area contributed by atoms with Crippen LogP contribution in [0, 0.1) is 23.0 Å². The van der Waals surface area contributed by atoms with Gasteiger partial charge in [-0.3, -0.25) is 4.79 Å². The fourth-order valence-corrected chi connectivity index (χ4v) is 8.84. The Hall–Kier alpha value is -1.05. The van der Waals surface area contributed by atoms with Gasteiger partial charge < -0.3 is 68.7 Å². The number of carbonyl (C=O) groups excluding carboxylic acids is 1. The molecule has 0 radical (unpaired) electrons. The summed E-state index contributed by atoms with van der Waals surface area (Å²) in [4.78, 5) is 16.1. The Kier molecular flexibility index (Phi) is 15.4. The molecule has 3 heterocycles. The number of quaternary nitrogens is 1. The highest BCUT2D eigenvalue weighted by Crippen LogP contribution is 2.40. The van der Waals surface area contributed by atoms with Crippen molar-refractivity contribution in [2.45, 2.75) is 185 Å². The van der Waals surface area contributed by atoms with Crippen LogP contribution in [0.5, 0.6) is 0 Å². The lowest BCUT2D eigenvalue weighted by molar-refractivity contribution is -0.874. The number of nitrogens with zero attached hydrogens (tertiary/aromatic N) is 2. The summed E-state index contributed by atoms with van der Waals surface area (Å²) in [7, 11) is 6.21. The number of cyclic esters (lactones) is 1. The van der Waals surface area contributed by atoms with Crippen LogP contribution in [0.25, 0.3) is 0 Å². The number of aliphatic hydroxyl groups excluding tert-OH is 3. The minimum Gasteiger partial charge on any atom is -0.633 e. The van der Waals surface area contributed by atoms with Gasteiger partial charge in [-0.05, 0) is 74.3 Å². The Morgan fingerprint density at radius 1 is 0.962 bits per heavy atom. The summed E-state index contributed by atoms with van der Waals surface area (Å²) in [5.74, 6) is -2.80. The summed E-state index contributed by atoms with van der Waals surface area (Å²) in [5.41, 5.74) is -4.51. The standard InChI is InChI=1S/C38H72N2O13/c1-15-27-38(10,46)31(42)24(6)39(11)19-20(2)17-36(8,45)33(53-35-29(41)26(40(12,13)47)16-21(3)49-35)22(4)30(23(5)34(44)51-27)52-28-18-37(9,48-14)32(43)25(7)50-28/h20-33,35,41-43,45-46H,15-19H2,1-14H3/t20-,21?,22+,23-,24-,25?,26?,27-,28?,29?,30+,31-,32?,33-,35?,36+,37?,38-/m1/s1. The average Bonchev–Trinajstić information content (AvgIpc) is 3.05. The lowest BCUT2D eigenvalue weighted by atomic mass is 9.77. The molecule has 3 saturated heterocycles. The fourth-order valence-electron chi connectivity index (χ4n) is 8.84. The zero-order chi connectivity index (χ0) is 40.6. The zero-order valence-corrected chi connectivity index (χ0v) is 34.6. The SMILES string of the molecule is CC[C@H]1OC(=O)[C@H](C)[C@@H](OC2CC(C)(OC)C(O)C(C)O2)[C@H](C)[C@@H](OC2OC(C)CC([N+](C)(C)[O-])C2O)[C@@](C)(O)C[C@@H](C)CN(C)[C@H](C)[C@@H](O)[C@]1(C)O. The molecule has 0 saturated carbocycles. The molecule has 3 fully saturated rings. The van der Waals surface area contributed by atoms with Crippen molar-refractivity contribution in [2.75, 3.05) is 34.8 Å². The van der Waals surface area contributed by atoms with Crippen molar-refractivity contribution >= 4 is 5.97 Å². The first kappa shape index (κ1) is 46.3. The van der Waals surface area contributed by atoms with Crippen molar-refractivity contribution in [1.29, 1.82) is 0 Å². The van der Waals surface area contributed by atoms with Crippen molar-refractivity contribution in [1.82, 2.24) is 4.90 Å². The van der Waals surface area contributed by atoms with Crippen LogP contribution in [0.3, 0.4) is 0 Å². The van der Waals surface area contributed by atoms with Gasteiger partial charge in [0.25, 0.3) is 0 Å². The highest BCUT2D eigenvalue weighted by Gasteiger charge is 2.53. The highest BCUT2D eigenvalue weighted by molar-refractivity contribution is 5.73. The molecule has 3 aliphatic rings. The maximum absolute atomic E-state index is 14.2. The molecule has 0 aliphatic carbocycles. The van der Waals surface area contributed by atoms with Crippen LogP contribution < -0.4 is 0 Å². The number of ether oxygens (including phenoxy) is 6. The van der Waals surface area contributed by atoms with Crippen molar-refractivity contribution in [3.05, 3.63) is 5.21 Å². The molecule has 0 aromatic heterocycles. The molecule has 0 aromatic carbocycles. The number of carbonyl (C=O) groups is 1. The van der Waals surface area contributed by atoms with E-state index in [1.807, 2.05) is 18.9 Å². The Morgan fingerprint density at radius 3 is 2.11 bits per heavy atom.